The molecule has 0 N–H and O–H groups in total. The fraction of sp³-hybridized carbons (Fsp3) is 0.476. The van der Waals surface area contributed by atoms with Gasteiger partial charge in [-0.2, -0.15) is 0 Å². The molecule has 2 aliphatic rings. The summed E-state index contributed by atoms with van der Waals surface area (Å²) in [5, 5.41) is 0. The molecule has 0 spiro atoms. The van der Waals surface area contributed by atoms with Crippen LogP contribution in [0.5, 0.6) is 0 Å². The largest absolute Gasteiger partial charge is 0.444 e. The number of allylic oxidation sites excluding steroid dienone is 8. The van der Waals surface area contributed by atoms with Crippen molar-refractivity contribution in [2.75, 3.05) is 0 Å². The van der Waals surface area contributed by atoms with Crippen molar-refractivity contribution >= 4 is 9.03 Å². The van der Waals surface area contributed by atoms with Gasteiger partial charge < -0.3 is 9.05 Å². The van der Waals surface area contributed by atoms with Crippen LogP contribution in [0.15, 0.2) is 157 Å². The quantitative estimate of drug-likeness (QED) is 0.127. The van der Waals surface area contributed by atoms with E-state index in [1.165, 1.54) is 100 Å². The summed E-state index contributed by atoms with van der Waals surface area (Å²) in [7, 11) is -0.379. The molecule has 0 saturated heterocycles. The van der Waals surface area contributed by atoms with Crippen molar-refractivity contribution in [3.63, 3.8) is 0 Å². The highest BCUT2D eigenvalue weighted by atomic mass is 31.1. The molecule has 2 nitrogen and oxygen atoms in total. The Morgan fingerprint density at radius 3 is 0.828 bits per heavy atom. The fourth-order valence-corrected chi connectivity index (χ4v) is 15.7. The first-order chi connectivity index (χ1) is 39.9. The summed E-state index contributed by atoms with van der Waals surface area (Å²) in [6, 6.07) is 43.0. The van der Waals surface area contributed by atoms with E-state index in [2.05, 4.69) is 340 Å². The van der Waals surface area contributed by atoms with Crippen molar-refractivity contribution in [2.24, 2.45) is 0 Å². The third-order valence-electron chi connectivity index (χ3n) is 19.0. The number of aryl methyl sites for hydroxylation is 4. The van der Waals surface area contributed by atoms with Gasteiger partial charge in [-0.15, -0.1) is 0 Å². The minimum atomic E-state index is -0.707. The summed E-state index contributed by atoms with van der Waals surface area (Å²) < 4.78 is 15.5. The summed E-state index contributed by atoms with van der Waals surface area (Å²) in [4.78, 5) is 0. The minimum absolute atomic E-state index is 0.0563. The third kappa shape index (κ3) is 13.0. The highest BCUT2D eigenvalue weighted by molar-refractivity contribution is 7.26. The van der Waals surface area contributed by atoms with E-state index in [1.54, 1.807) is 0 Å². The van der Waals surface area contributed by atoms with Crippen LogP contribution < -0.4 is 0 Å². The van der Waals surface area contributed by atoms with Crippen LogP contribution in [-0.4, -0.2) is 0 Å². The van der Waals surface area contributed by atoms with E-state index in [0.29, 0.717) is 0 Å². The summed E-state index contributed by atoms with van der Waals surface area (Å²) >= 11 is 0. The van der Waals surface area contributed by atoms with Gasteiger partial charge in [0.2, 0.25) is 0 Å². The zero-order valence-corrected chi connectivity index (χ0v) is 60.3. The lowest BCUT2D eigenvalue weighted by Crippen LogP contribution is -2.40. The first kappa shape index (κ1) is 67.2. The Balaban J connectivity index is 1.44. The first-order valence-corrected chi connectivity index (χ1v) is 33.3. The lowest BCUT2D eigenvalue weighted by molar-refractivity contribution is 0.301. The molecule has 0 fully saturated rings. The maximum Gasteiger partial charge on any atom is 0.274 e. The van der Waals surface area contributed by atoms with Crippen LogP contribution in [0.2, 0.25) is 0 Å². The summed E-state index contributed by atoms with van der Waals surface area (Å²) in [5.41, 5.74) is 21.2. The molecule has 0 amide bonds. The second-order valence-electron chi connectivity index (χ2n) is 34.4. The Bertz CT molecular complexity index is 3410. The lowest BCUT2D eigenvalue weighted by atomic mass is 9.56. The normalized spacial score (nSPS) is 20.0. The topological polar surface area (TPSA) is 18.5 Å². The predicted molar refractivity (Wildman–Crippen MR) is 379 cm³/mol. The van der Waals surface area contributed by atoms with E-state index >= 15 is 0 Å². The van der Waals surface area contributed by atoms with Gasteiger partial charge >= 0.3 is 0 Å². The van der Waals surface area contributed by atoms with Crippen molar-refractivity contribution in [3.05, 3.63) is 257 Å². The molecular formula is C84H111O2P. The molecule has 87 heavy (non-hydrogen) atoms. The molecule has 0 saturated carbocycles. The predicted octanol–water partition coefficient (Wildman–Crippen LogP) is 23.6. The highest BCUT2D eigenvalue weighted by Crippen LogP contribution is 2.60. The Morgan fingerprint density at radius 2 is 0.563 bits per heavy atom. The number of benzene rings is 6. The molecule has 4 unspecified atom stereocenters. The van der Waals surface area contributed by atoms with Gasteiger partial charge in [-0.05, 0) is 183 Å². The summed E-state index contributed by atoms with van der Waals surface area (Å²) in [6.07, 6.45) is 14.1. The van der Waals surface area contributed by atoms with Gasteiger partial charge in [-0.25, -0.2) is 0 Å². The first-order valence-electron chi connectivity index (χ1n) is 32.5. The summed E-state index contributed by atoms with van der Waals surface area (Å²) in [5.74, 6) is 1.21. The molecule has 0 heterocycles. The number of hydrogen-bond acceptors (Lipinski definition) is 2. The number of rotatable bonds is 10. The van der Waals surface area contributed by atoms with Crippen LogP contribution in [0.4, 0.5) is 0 Å². The van der Waals surface area contributed by atoms with Crippen LogP contribution in [-0.2, 0) is 63.2 Å². The van der Waals surface area contributed by atoms with Gasteiger partial charge in [-0.1, -0.05) is 300 Å². The molecule has 4 atom stereocenters. The van der Waals surface area contributed by atoms with Crippen LogP contribution in [0.3, 0.4) is 0 Å². The smallest absolute Gasteiger partial charge is 0.274 e. The third-order valence-corrected chi connectivity index (χ3v) is 19.7. The zero-order chi connectivity index (χ0) is 64.8. The Hall–Kier alpha value is -5.69. The van der Waals surface area contributed by atoms with Gasteiger partial charge in [0, 0.05) is 0 Å². The van der Waals surface area contributed by atoms with E-state index in [0.717, 1.165) is 11.5 Å². The monoisotopic (exact) mass is 1180 g/mol. The van der Waals surface area contributed by atoms with Gasteiger partial charge in [0.25, 0.3) is 9.03 Å². The zero-order valence-electron chi connectivity index (χ0n) is 59.3. The SMILES string of the molecule is Cc1cc(C2C(OPOC3=CC=CC(c4ccccc4)(c4cc(C)c(C(C)(C)C)cc4C(C)(C)C)C3c3cc(C)c(C(C)(C)C)cc3C(C)(C)C)=CC=CC2(c2ccccc2)c2cc(C)c(C(C)(C)C)cc2C(C)(C)C)c(C(C)(C)C)cc1C(C)(C)C. The molecule has 0 radical (unpaired) electrons. The standard InChI is InChI=1S/C84H111O2P/c1-53-45-59(65(79(17,18)19)49-61(53)75(5,6)7)73-71(41-35-43-83(73,57-37-31-29-32-38-57)69-47-55(3)63(77(11,12)13)51-67(69)81(23,24)25)85-87-86-72-42-36-44-84(58-39-33-30-34-40-58,70-48-56(4)64(78(14,15)16)52-68(70)82(26,27)28)74(72)60-46-54(2)62(76(8,9)10)50-66(60)80(20,21)22/h29-52,73-74,87H,1-28H3. The number of hydrogen-bond donors (Lipinski definition) is 0. The van der Waals surface area contributed by atoms with Crippen molar-refractivity contribution in [1.82, 2.24) is 0 Å². The Labute approximate surface area is 532 Å². The molecular weight excluding hydrogens is 1070 g/mol. The van der Waals surface area contributed by atoms with Crippen molar-refractivity contribution in [3.8, 4) is 0 Å². The van der Waals surface area contributed by atoms with Crippen LogP contribution in [0.1, 0.15) is 278 Å². The maximum atomic E-state index is 7.74. The molecule has 0 aromatic heterocycles. The van der Waals surface area contributed by atoms with Crippen LogP contribution >= 0.6 is 9.03 Å². The van der Waals surface area contributed by atoms with Gasteiger partial charge in [0.15, 0.2) is 0 Å². The molecule has 3 heteroatoms. The highest BCUT2D eigenvalue weighted by Gasteiger charge is 2.52. The molecule has 0 aliphatic heterocycles. The Morgan fingerprint density at radius 1 is 0.310 bits per heavy atom. The van der Waals surface area contributed by atoms with Crippen molar-refractivity contribution in [2.45, 2.75) is 260 Å². The fourth-order valence-electron chi connectivity index (χ4n) is 15.1. The second kappa shape index (κ2) is 23.3. The van der Waals surface area contributed by atoms with Crippen LogP contribution in [0.25, 0.3) is 0 Å². The van der Waals surface area contributed by atoms with Gasteiger partial charge in [0.05, 0.1) is 22.7 Å². The van der Waals surface area contributed by atoms with E-state index in [9.17, 15) is 0 Å². The van der Waals surface area contributed by atoms with Gasteiger partial charge in [-0.3, -0.25) is 0 Å². The van der Waals surface area contributed by atoms with E-state index in [-0.39, 0.29) is 64.2 Å². The Kier molecular flexibility index (Phi) is 18.0. The van der Waals surface area contributed by atoms with Crippen molar-refractivity contribution in [1.29, 1.82) is 0 Å². The van der Waals surface area contributed by atoms with Crippen molar-refractivity contribution < 1.29 is 9.05 Å². The molecule has 6 aromatic carbocycles. The molecule has 8 rings (SSSR count). The van der Waals surface area contributed by atoms with E-state index < -0.39 is 10.8 Å². The molecule has 0 bridgehead atoms. The molecule has 464 valence electrons. The van der Waals surface area contributed by atoms with Gasteiger partial charge in [0.1, 0.15) is 11.5 Å². The lowest BCUT2D eigenvalue weighted by Gasteiger charge is -2.47. The maximum absolute atomic E-state index is 7.74. The molecule has 6 aromatic rings. The second-order valence-corrected chi connectivity index (χ2v) is 35.0. The summed E-state index contributed by atoms with van der Waals surface area (Å²) in [6.45, 7) is 66.3. The molecule has 2 aliphatic carbocycles. The minimum Gasteiger partial charge on any atom is -0.444 e. The van der Waals surface area contributed by atoms with E-state index in [1.807, 2.05) is 0 Å². The van der Waals surface area contributed by atoms with Crippen LogP contribution in [0, 0.1) is 27.7 Å². The average Bonchev–Trinajstić information content (AvgIpc) is 0.761. The van der Waals surface area contributed by atoms with E-state index in [4.69, 9.17) is 9.05 Å². The average molecular weight is 1180 g/mol.